The lowest BCUT2D eigenvalue weighted by Crippen LogP contribution is -2.41. The Bertz CT molecular complexity index is 683. The molecule has 1 aromatic carbocycles. The molecule has 122 valence electrons. The zero-order valence-corrected chi connectivity index (χ0v) is 16.1. The van der Waals surface area contributed by atoms with Gasteiger partial charge in [-0.25, -0.2) is 0 Å². The molecule has 6 heteroatoms. The van der Waals surface area contributed by atoms with E-state index in [9.17, 15) is 13.2 Å². The number of fused-ring (bicyclic) bond motifs is 2. The lowest BCUT2D eigenvalue weighted by atomic mass is 9.70. The number of para-hydroxylation sites is 1. The standard InChI is InChI=1S/C16H20O4S.HI/c1-15(2)12-9-10-16(15,3)14(17)13(12)21(18,19)20-11-7-5-4-6-8-11;/h4-8,12-13H,9-10H2,1-3H3;1H. The van der Waals surface area contributed by atoms with Gasteiger partial charge in [-0.05, 0) is 36.3 Å². The first-order valence-corrected chi connectivity index (χ1v) is 8.70. The Morgan fingerprint density at radius 2 is 1.73 bits per heavy atom. The van der Waals surface area contributed by atoms with Gasteiger partial charge in [-0.1, -0.05) is 39.0 Å². The predicted octanol–water partition coefficient (Wildman–Crippen LogP) is 3.41. The van der Waals surface area contributed by atoms with Crippen molar-refractivity contribution in [3.63, 3.8) is 0 Å². The van der Waals surface area contributed by atoms with E-state index in [2.05, 4.69) is 0 Å². The average Bonchev–Trinajstić information content (AvgIpc) is 2.71. The summed E-state index contributed by atoms with van der Waals surface area (Å²) in [6, 6.07) is 8.37. The molecule has 0 radical (unpaired) electrons. The monoisotopic (exact) mass is 436 g/mol. The van der Waals surface area contributed by atoms with Gasteiger partial charge in [0, 0.05) is 5.41 Å². The third-order valence-electron chi connectivity index (χ3n) is 5.74. The molecular weight excluding hydrogens is 415 g/mol. The molecule has 1 aromatic rings. The maximum Gasteiger partial charge on any atom is 0.319 e. The highest BCUT2D eigenvalue weighted by Crippen LogP contribution is 2.64. The Morgan fingerprint density at radius 1 is 1.14 bits per heavy atom. The maximum atomic E-state index is 12.7. The molecule has 3 unspecified atom stereocenters. The van der Waals surface area contributed by atoms with Crippen molar-refractivity contribution < 1.29 is 17.4 Å². The van der Waals surface area contributed by atoms with Crippen molar-refractivity contribution in [2.75, 3.05) is 0 Å². The normalized spacial score (nSPS) is 32.6. The molecule has 0 aliphatic heterocycles. The van der Waals surface area contributed by atoms with Gasteiger partial charge in [0.2, 0.25) is 0 Å². The Hall–Kier alpha value is -0.630. The summed E-state index contributed by atoms with van der Waals surface area (Å²) in [6.07, 6.45) is 1.53. The summed E-state index contributed by atoms with van der Waals surface area (Å²) in [5.41, 5.74) is -0.864. The summed E-state index contributed by atoms with van der Waals surface area (Å²) < 4.78 is 30.4. The summed E-state index contributed by atoms with van der Waals surface area (Å²) in [4.78, 5) is 12.7. The van der Waals surface area contributed by atoms with E-state index < -0.39 is 20.8 Å². The smallest absolute Gasteiger partial charge is 0.319 e. The molecule has 2 aliphatic rings. The van der Waals surface area contributed by atoms with E-state index in [0.29, 0.717) is 0 Å². The number of carbonyl (C=O) groups excluding carboxylic acids is 1. The van der Waals surface area contributed by atoms with Crippen molar-refractivity contribution >= 4 is 39.9 Å². The molecule has 4 nitrogen and oxygen atoms in total. The highest BCUT2D eigenvalue weighted by molar-refractivity contribution is 14.0. The lowest BCUT2D eigenvalue weighted by molar-refractivity contribution is -0.128. The fourth-order valence-electron chi connectivity index (χ4n) is 4.00. The zero-order chi connectivity index (χ0) is 15.5. The molecule has 3 rings (SSSR count). The highest BCUT2D eigenvalue weighted by Gasteiger charge is 2.70. The molecular formula is C16H21IO4S. The summed E-state index contributed by atoms with van der Waals surface area (Å²) in [6.45, 7) is 5.90. The van der Waals surface area contributed by atoms with E-state index in [1.807, 2.05) is 20.8 Å². The van der Waals surface area contributed by atoms with E-state index >= 15 is 0 Å². The largest absolute Gasteiger partial charge is 0.382 e. The van der Waals surface area contributed by atoms with Gasteiger partial charge in [-0.15, -0.1) is 24.0 Å². The first-order valence-electron chi connectivity index (χ1n) is 7.23. The molecule has 2 saturated carbocycles. The second kappa shape index (κ2) is 5.47. The fraction of sp³-hybridized carbons (Fsp3) is 0.562. The topological polar surface area (TPSA) is 60.4 Å². The van der Waals surface area contributed by atoms with E-state index in [-0.39, 0.29) is 46.8 Å². The SMILES string of the molecule is CC12CCC(C(S(=O)(=O)Oc3ccccc3)C1=O)C2(C)C.I. The van der Waals surface area contributed by atoms with Gasteiger partial charge in [-0.2, -0.15) is 8.42 Å². The minimum atomic E-state index is -3.95. The summed E-state index contributed by atoms with van der Waals surface area (Å²) in [5, 5.41) is -1.04. The van der Waals surface area contributed by atoms with Crippen molar-refractivity contribution in [2.24, 2.45) is 16.7 Å². The lowest BCUT2D eigenvalue weighted by Gasteiger charge is -2.32. The van der Waals surface area contributed by atoms with E-state index in [1.54, 1.807) is 30.3 Å². The maximum absolute atomic E-state index is 12.7. The summed E-state index contributed by atoms with van der Waals surface area (Å²) in [5.74, 6) is -0.0839. The first kappa shape index (κ1) is 17.7. The van der Waals surface area contributed by atoms with Crippen LogP contribution in [0.15, 0.2) is 30.3 Å². The van der Waals surface area contributed by atoms with Crippen molar-refractivity contribution in [1.82, 2.24) is 0 Å². The summed E-state index contributed by atoms with van der Waals surface area (Å²) >= 11 is 0. The van der Waals surface area contributed by atoms with Gasteiger partial charge < -0.3 is 4.18 Å². The van der Waals surface area contributed by atoms with Crippen molar-refractivity contribution in [2.45, 2.75) is 38.9 Å². The number of hydrogen-bond donors (Lipinski definition) is 0. The molecule has 2 aliphatic carbocycles. The van der Waals surface area contributed by atoms with Gasteiger partial charge in [0.05, 0.1) is 0 Å². The minimum absolute atomic E-state index is 0. The fourth-order valence-corrected chi connectivity index (χ4v) is 5.88. The third kappa shape index (κ3) is 2.29. The van der Waals surface area contributed by atoms with Crippen LogP contribution in [0.1, 0.15) is 33.6 Å². The van der Waals surface area contributed by atoms with Crippen LogP contribution < -0.4 is 4.18 Å². The Kier molecular flexibility index (Phi) is 4.41. The molecule has 0 spiro atoms. The number of Topliss-reactive ketones (excluding diaryl/α,β-unsaturated/α-hetero) is 1. The number of hydrogen-bond acceptors (Lipinski definition) is 4. The van der Waals surface area contributed by atoms with Gasteiger partial charge in [0.25, 0.3) is 0 Å². The van der Waals surface area contributed by atoms with Gasteiger partial charge in [0.15, 0.2) is 11.0 Å². The van der Waals surface area contributed by atoms with Crippen molar-refractivity contribution in [3.8, 4) is 5.75 Å². The van der Waals surface area contributed by atoms with E-state index in [1.165, 1.54) is 0 Å². The molecule has 0 saturated heterocycles. The number of benzene rings is 1. The van der Waals surface area contributed by atoms with Crippen LogP contribution in [-0.4, -0.2) is 19.5 Å². The number of ketones is 1. The molecule has 0 amide bonds. The van der Waals surface area contributed by atoms with Crippen LogP contribution in [0.25, 0.3) is 0 Å². The van der Waals surface area contributed by atoms with Crippen LogP contribution in [0.5, 0.6) is 5.75 Å². The van der Waals surface area contributed by atoms with Crippen LogP contribution >= 0.6 is 24.0 Å². The molecule has 3 atom stereocenters. The first-order chi connectivity index (χ1) is 9.70. The Balaban J connectivity index is 0.00000176. The second-order valence-electron chi connectivity index (χ2n) is 6.87. The van der Waals surface area contributed by atoms with Gasteiger partial charge >= 0.3 is 10.1 Å². The summed E-state index contributed by atoms with van der Waals surface area (Å²) in [7, 11) is -3.95. The van der Waals surface area contributed by atoms with E-state index in [4.69, 9.17) is 4.18 Å². The predicted molar refractivity (Wildman–Crippen MR) is 94.8 cm³/mol. The third-order valence-corrected chi connectivity index (χ3v) is 7.33. The molecule has 0 aromatic heterocycles. The van der Waals surface area contributed by atoms with Crippen LogP contribution in [-0.2, 0) is 14.9 Å². The molecule has 22 heavy (non-hydrogen) atoms. The molecule has 0 heterocycles. The van der Waals surface area contributed by atoms with Crippen LogP contribution in [0, 0.1) is 16.7 Å². The van der Waals surface area contributed by atoms with Gasteiger partial charge in [-0.3, -0.25) is 4.79 Å². The van der Waals surface area contributed by atoms with Crippen LogP contribution in [0.4, 0.5) is 0 Å². The Morgan fingerprint density at radius 3 is 2.23 bits per heavy atom. The van der Waals surface area contributed by atoms with Crippen LogP contribution in [0.2, 0.25) is 0 Å². The van der Waals surface area contributed by atoms with Crippen molar-refractivity contribution in [1.29, 1.82) is 0 Å². The van der Waals surface area contributed by atoms with Crippen molar-refractivity contribution in [3.05, 3.63) is 30.3 Å². The second-order valence-corrected chi connectivity index (χ2v) is 8.53. The molecule has 2 bridgehead atoms. The molecule has 2 fully saturated rings. The average molecular weight is 436 g/mol. The molecule has 0 N–H and O–H groups in total. The highest BCUT2D eigenvalue weighted by atomic mass is 127. The number of rotatable bonds is 3. The number of carbonyl (C=O) groups is 1. The Labute approximate surface area is 148 Å². The zero-order valence-electron chi connectivity index (χ0n) is 12.9. The van der Waals surface area contributed by atoms with E-state index in [0.717, 1.165) is 12.8 Å². The van der Waals surface area contributed by atoms with Gasteiger partial charge in [0.1, 0.15) is 5.75 Å². The quantitative estimate of drug-likeness (QED) is 0.539. The number of halogens is 1. The van der Waals surface area contributed by atoms with Crippen LogP contribution in [0.3, 0.4) is 0 Å². The minimum Gasteiger partial charge on any atom is -0.382 e.